The summed E-state index contributed by atoms with van der Waals surface area (Å²) in [6, 6.07) is 4.97. The maximum Gasteiger partial charge on any atom is 0.345 e. The normalized spacial score (nSPS) is 18.4. The Balaban J connectivity index is 1.40. The van der Waals surface area contributed by atoms with Crippen LogP contribution in [-0.2, 0) is 7.05 Å². The Morgan fingerprint density at radius 3 is 2.63 bits per heavy atom. The van der Waals surface area contributed by atoms with Crippen molar-refractivity contribution in [3.8, 4) is 0 Å². The highest BCUT2D eigenvalue weighted by Gasteiger charge is 2.33. The maximum absolute atomic E-state index is 13.5. The van der Waals surface area contributed by atoms with Crippen LogP contribution in [0.1, 0.15) is 43.5 Å². The van der Waals surface area contributed by atoms with Gasteiger partial charge in [-0.15, -0.1) is 0 Å². The average molecular weight is 368 g/mol. The largest absolute Gasteiger partial charge is 0.356 e. The summed E-state index contributed by atoms with van der Waals surface area (Å²) >= 11 is 0. The zero-order chi connectivity index (χ0) is 18.5. The Hall–Kier alpha value is -2.77. The van der Waals surface area contributed by atoms with E-state index in [0.29, 0.717) is 11.6 Å². The summed E-state index contributed by atoms with van der Waals surface area (Å²) < 4.78 is 16.9. The second kappa shape index (κ2) is 6.14. The molecule has 0 spiro atoms. The highest BCUT2D eigenvalue weighted by Crippen LogP contribution is 2.38. The molecule has 8 heteroatoms. The predicted octanol–water partition coefficient (Wildman–Crippen LogP) is 2.38. The van der Waals surface area contributed by atoms with Gasteiger partial charge in [-0.2, -0.15) is 5.10 Å². The molecule has 0 atom stereocenters. The van der Waals surface area contributed by atoms with Gasteiger partial charge >= 0.3 is 5.69 Å². The molecular weight excluding hydrogens is 347 g/mol. The van der Waals surface area contributed by atoms with Crippen molar-refractivity contribution in [1.29, 1.82) is 0 Å². The number of fused-ring (bicyclic) bond motifs is 1. The van der Waals surface area contributed by atoms with Crippen LogP contribution in [-0.4, -0.2) is 37.4 Å². The van der Waals surface area contributed by atoms with Crippen LogP contribution < -0.4 is 10.6 Å². The van der Waals surface area contributed by atoms with Crippen molar-refractivity contribution >= 4 is 16.7 Å². The fourth-order valence-corrected chi connectivity index (χ4v) is 4.07. The molecule has 1 aliphatic carbocycles. The minimum atomic E-state index is -0.293. The topological polar surface area (TPSA) is 68.8 Å². The molecule has 1 saturated heterocycles. The Bertz CT molecular complexity index is 1060. The Morgan fingerprint density at radius 2 is 1.89 bits per heavy atom. The zero-order valence-corrected chi connectivity index (χ0v) is 15.2. The molecule has 0 N–H and O–H groups in total. The molecule has 7 nitrogen and oxygen atoms in total. The average Bonchev–Trinajstić information content (AvgIpc) is 3.47. The Labute approximate surface area is 155 Å². The van der Waals surface area contributed by atoms with Gasteiger partial charge in [0.1, 0.15) is 23.8 Å². The van der Waals surface area contributed by atoms with E-state index in [9.17, 15) is 9.18 Å². The molecule has 3 aromatic rings. The van der Waals surface area contributed by atoms with Gasteiger partial charge < -0.3 is 4.90 Å². The Morgan fingerprint density at radius 1 is 1.11 bits per heavy atom. The molecule has 27 heavy (non-hydrogen) atoms. The number of aromatic nitrogens is 5. The van der Waals surface area contributed by atoms with E-state index in [0.717, 1.165) is 55.8 Å². The van der Waals surface area contributed by atoms with Gasteiger partial charge in [0.2, 0.25) is 0 Å². The van der Waals surface area contributed by atoms with Gasteiger partial charge in [-0.3, -0.25) is 4.57 Å². The Kier molecular flexibility index (Phi) is 3.73. The van der Waals surface area contributed by atoms with Gasteiger partial charge in [-0.05, 0) is 37.8 Å². The molecule has 2 aliphatic rings. The number of rotatable bonds is 3. The first kappa shape index (κ1) is 16.4. The monoisotopic (exact) mass is 368 g/mol. The highest BCUT2D eigenvalue weighted by molar-refractivity contribution is 5.89. The van der Waals surface area contributed by atoms with Crippen LogP contribution in [0.3, 0.4) is 0 Å². The van der Waals surface area contributed by atoms with E-state index < -0.39 is 0 Å². The summed E-state index contributed by atoms with van der Waals surface area (Å²) in [7, 11) is 1.73. The first-order valence-electron chi connectivity index (χ1n) is 9.42. The molecule has 5 rings (SSSR count). The number of aryl methyl sites for hydroxylation is 1. The second-order valence-electron chi connectivity index (χ2n) is 7.49. The van der Waals surface area contributed by atoms with Crippen molar-refractivity contribution in [2.45, 2.75) is 37.6 Å². The van der Waals surface area contributed by atoms with E-state index in [-0.39, 0.29) is 17.4 Å². The molecule has 0 radical (unpaired) electrons. The van der Waals surface area contributed by atoms with Crippen LogP contribution in [0.15, 0.2) is 29.3 Å². The number of nitrogens with zero attached hydrogens (tertiary/aromatic N) is 6. The van der Waals surface area contributed by atoms with Crippen LogP contribution in [0.2, 0.25) is 0 Å². The lowest BCUT2D eigenvalue weighted by Crippen LogP contribution is -2.35. The third-order valence-corrected chi connectivity index (χ3v) is 5.63. The van der Waals surface area contributed by atoms with E-state index in [1.54, 1.807) is 13.1 Å². The number of halogens is 1. The van der Waals surface area contributed by atoms with Crippen LogP contribution >= 0.6 is 0 Å². The predicted molar refractivity (Wildman–Crippen MR) is 99.4 cm³/mol. The van der Waals surface area contributed by atoms with E-state index in [2.05, 4.69) is 20.0 Å². The molecule has 0 bridgehead atoms. The van der Waals surface area contributed by atoms with Crippen molar-refractivity contribution in [3.05, 3.63) is 46.7 Å². The van der Waals surface area contributed by atoms with Crippen LogP contribution in [0.4, 0.5) is 10.2 Å². The van der Waals surface area contributed by atoms with Gasteiger partial charge in [-0.1, -0.05) is 0 Å². The van der Waals surface area contributed by atoms with Crippen LogP contribution in [0, 0.1) is 5.82 Å². The van der Waals surface area contributed by atoms with Crippen molar-refractivity contribution in [1.82, 2.24) is 24.3 Å². The molecule has 1 aromatic carbocycles. The van der Waals surface area contributed by atoms with Gasteiger partial charge in [0, 0.05) is 43.5 Å². The lowest BCUT2D eigenvalue weighted by molar-refractivity contribution is 0.461. The minimum absolute atomic E-state index is 0.00116. The number of hydrogen-bond donors (Lipinski definition) is 0. The molecular formula is C19H21FN6O. The van der Waals surface area contributed by atoms with Crippen LogP contribution in [0.5, 0.6) is 0 Å². The second-order valence-corrected chi connectivity index (χ2v) is 7.49. The quantitative estimate of drug-likeness (QED) is 0.710. The molecule has 2 fully saturated rings. The first-order chi connectivity index (χ1) is 13.1. The van der Waals surface area contributed by atoms with Gasteiger partial charge in [0.15, 0.2) is 0 Å². The summed E-state index contributed by atoms with van der Waals surface area (Å²) in [5.41, 5.74) is 0.619. The number of anilines is 1. The molecule has 140 valence electrons. The number of hydrogen-bond acceptors (Lipinski definition) is 5. The summed E-state index contributed by atoms with van der Waals surface area (Å²) in [5, 5.41) is 5.40. The van der Waals surface area contributed by atoms with Crippen molar-refractivity contribution in [3.63, 3.8) is 0 Å². The maximum atomic E-state index is 13.5. The number of piperidine rings is 1. The third kappa shape index (κ3) is 2.79. The molecule has 1 saturated carbocycles. The molecule has 2 aromatic heterocycles. The van der Waals surface area contributed by atoms with E-state index in [4.69, 9.17) is 0 Å². The standard InChI is InChI=1S/C19H21FN6O/c1-24-19(27)26(14-3-4-14)17(23-24)12-6-8-25(9-7-12)18-15-5-2-13(20)10-16(15)21-11-22-18/h2,5,10-12,14H,3-4,6-9H2,1H3. The summed E-state index contributed by atoms with van der Waals surface area (Å²) in [5.74, 6) is 1.76. The van der Waals surface area contributed by atoms with Gasteiger partial charge in [0.05, 0.1) is 5.52 Å². The molecule has 1 aliphatic heterocycles. The fraction of sp³-hybridized carbons (Fsp3) is 0.474. The number of benzene rings is 1. The SMILES string of the molecule is Cn1nc(C2CCN(c3ncnc4cc(F)ccc34)CC2)n(C2CC2)c1=O. The molecule has 3 heterocycles. The van der Waals surface area contributed by atoms with Crippen molar-refractivity contribution < 1.29 is 4.39 Å². The van der Waals surface area contributed by atoms with Gasteiger partial charge in [-0.25, -0.2) is 23.8 Å². The third-order valence-electron chi connectivity index (χ3n) is 5.63. The van der Waals surface area contributed by atoms with Crippen molar-refractivity contribution in [2.24, 2.45) is 7.05 Å². The van der Waals surface area contributed by atoms with Crippen LogP contribution in [0.25, 0.3) is 10.9 Å². The van der Waals surface area contributed by atoms with Gasteiger partial charge in [0.25, 0.3) is 0 Å². The van der Waals surface area contributed by atoms with Crippen molar-refractivity contribution in [2.75, 3.05) is 18.0 Å². The minimum Gasteiger partial charge on any atom is -0.356 e. The van der Waals surface area contributed by atoms with E-state index in [1.807, 2.05) is 4.57 Å². The highest BCUT2D eigenvalue weighted by atomic mass is 19.1. The molecule has 0 amide bonds. The molecule has 0 unspecified atom stereocenters. The van der Waals surface area contributed by atoms with E-state index >= 15 is 0 Å². The zero-order valence-electron chi connectivity index (χ0n) is 15.2. The fourth-order valence-electron chi connectivity index (χ4n) is 4.07. The lowest BCUT2D eigenvalue weighted by Gasteiger charge is -2.32. The first-order valence-corrected chi connectivity index (χ1v) is 9.42. The summed E-state index contributed by atoms with van der Waals surface area (Å²) in [4.78, 5) is 23.2. The lowest BCUT2D eigenvalue weighted by atomic mass is 9.95. The summed E-state index contributed by atoms with van der Waals surface area (Å²) in [6.45, 7) is 1.65. The van der Waals surface area contributed by atoms with E-state index in [1.165, 1.54) is 23.1 Å². The smallest absolute Gasteiger partial charge is 0.345 e. The summed E-state index contributed by atoms with van der Waals surface area (Å²) in [6.07, 6.45) is 5.46.